The molecule has 2 aromatic rings. The van der Waals surface area contributed by atoms with Crippen LogP contribution in [0.3, 0.4) is 0 Å². The van der Waals surface area contributed by atoms with Crippen molar-refractivity contribution >= 4 is 5.91 Å². The van der Waals surface area contributed by atoms with Crippen LogP contribution in [-0.4, -0.2) is 30.8 Å². The van der Waals surface area contributed by atoms with Gasteiger partial charge in [-0.1, -0.05) is 5.16 Å². The lowest BCUT2D eigenvalue weighted by Gasteiger charge is -2.17. The summed E-state index contributed by atoms with van der Waals surface area (Å²) in [7, 11) is 1.61. The fraction of sp³-hybridized carbons (Fsp3) is 0.467. The third-order valence-corrected chi connectivity index (χ3v) is 3.74. The molecule has 1 fully saturated rings. The van der Waals surface area contributed by atoms with Crippen LogP contribution in [0.25, 0.3) is 11.5 Å². The van der Waals surface area contributed by atoms with Gasteiger partial charge in [-0.2, -0.15) is 0 Å². The molecule has 1 N–H and O–H groups in total. The molecule has 0 saturated heterocycles. The van der Waals surface area contributed by atoms with Crippen LogP contribution in [0.5, 0.6) is 0 Å². The maximum atomic E-state index is 12.4. The molecule has 1 unspecified atom stereocenters. The van der Waals surface area contributed by atoms with Crippen molar-refractivity contribution in [1.29, 1.82) is 0 Å². The molecule has 1 aliphatic carbocycles. The topological polar surface area (TPSA) is 77.5 Å². The van der Waals surface area contributed by atoms with Crippen molar-refractivity contribution < 1.29 is 18.5 Å². The molecular weight excluding hydrogens is 272 g/mol. The van der Waals surface area contributed by atoms with Gasteiger partial charge in [-0.15, -0.1) is 0 Å². The Morgan fingerprint density at radius 3 is 2.95 bits per heavy atom. The molecule has 2 heterocycles. The first-order valence-corrected chi connectivity index (χ1v) is 6.97. The summed E-state index contributed by atoms with van der Waals surface area (Å²) in [5.74, 6) is 1.13. The molecule has 1 amide bonds. The van der Waals surface area contributed by atoms with E-state index < -0.39 is 5.41 Å². The number of methoxy groups -OCH3 is 1. The monoisotopic (exact) mass is 290 g/mol. The van der Waals surface area contributed by atoms with Crippen LogP contribution in [0.2, 0.25) is 0 Å². The van der Waals surface area contributed by atoms with Gasteiger partial charge in [0.1, 0.15) is 0 Å². The van der Waals surface area contributed by atoms with Crippen molar-refractivity contribution in [1.82, 2.24) is 10.5 Å². The van der Waals surface area contributed by atoms with E-state index in [9.17, 15) is 4.79 Å². The van der Waals surface area contributed by atoms with Crippen LogP contribution in [0.15, 0.2) is 33.4 Å². The van der Waals surface area contributed by atoms with Crippen molar-refractivity contribution in [3.8, 4) is 11.5 Å². The highest BCUT2D eigenvalue weighted by Crippen LogP contribution is 2.48. The van der Waals surface area contributed by atoms with Crippen LogP contribution in [-0.2, 0) is 14.9 Å². The maximum absolute atomic E-state index is 12.4. The molecule has 0 spiro atoms. The van der Waals surface area contributed by atoms with Crippen molar-refractivity contribution in [2.45, 2.75) is 31.2 Å². The Balaban J connectivity index is 1.75. The maximum Gasteiger partial charge on any atom is 0.232 e. The number of carbonyl (C=O) groups excluding carboxylic acids is 1. The quantitative estimate of drug-likeness (QED) is 0.881. The van der Waals surface area contributed by atoms with E-state index >= 15 is 0 Å². The average molecular weight is 290 g/mol. The van der Waals surface area contributed by atoms with E-state index in [-0.39, 0.29) is 11.9 Å². The largest absolute Gasteiger partial charge is 0.461 e. The summed E-state index contributed by atoms with van der Waals surface area (Å²) in [5, 5.41) is 7.01. The lowest BCUT2D eigenvalue weighted by molar-refractivity contribution is -0.124. The van der Waals surface area contributed by atoms with E-state index in [1.54, 1.807) is 31.6 Å². The molecule has 21 heavy (non-hydrogen) atoms. The van der Waals surface area contributed by atoms with Crippen LogP contribution in [0, 0.1) is 0 Å². The molecule has 6 nitrogen and oxygen atoms in total. The van der Waals surface area contributed by atoms with Crippen molar-refractivity contribution in [3.63, 3.8) is 0 Å². The van der Waals surface area contributed by atoms with Gasteiger partial charge in [0.25, 0.3) is 0 Å². The second-order valence-electron chi connectivity index (χ2n) is 5.47. The zero-order chi connectivity index (χ0) is 14.9. The predicted molar refractivity (Wildman–Crippen MR) is 74.6 cm³/mol. The Hall–Kier alpha value is -2.08. The lowest BCUT2D eigenvalue weighted by atomic mass is 10.0. The fourth-order valence-corrected chi connectivity index (χ4v) is 2.41. The summed E-state index contributed by atoms with van der Waals surface area (Å²) in [6.07, 6.45) is 3.13. The Labute approximate surface area is 122 Å². The number of nitrogens with one attached hydrogen (secondary N) is 1. The summed E-state index contributed by atoms with van der Waals surface area (Å²) >= 11 is 0. The number of aromatic nitrogens is 1. The highest BCUT2D eigenvalue weighted by atomic mass is 16.5. The second-order valence-corrected chi connectivity index (χ2v) is 5.47. The Morgan fingerprint density at radius 2 is 2.33 bits per heavy atom. The first-order chi connectivity index (χ1) is 10.2. The van der Waals surface area contributed by atoms with Gasteiger partial charge in [-0.3, -0.25) is 4.79 Å². The van der Waals surface area contributed by atoms with Crippen molar-refractivity contribution in [2.75, 3.05) is 13.7 Å². The average Bonchev–Trinajstić information content (AvgIpc) is 2.91. The fourth-order valence-electron chi connectivity index (χ4n) is 2.41. The number of hydrogen-bond acceptors (Lipinski definition) is 5. The number of ether oxygens (including phenoxy) is 1. The van der Waals surface area contributed by atoms with Crippen LogP contribution < -0.4 is 5.32 Å². The zero-order valence-electron chi connectivity index (χ0n) is 12.1. The summed E-state index contributed by atoms with van der Waals surface area (Å²) in [5.41, 5.74) is 0.104. The van der Waals surface area contributed by atoms with Crippen molar-refractivity contribution in [3.05, 3.63) is 30.2 Å². The van der Waals surface area contributed by atoms with Crippen LogP contribution in [0.1, 0.15) is 25.5 Å². The first kappa shape index (κ1) is 13.9. The van der Waals surface area contributed by atoms with Gasteiger partial charge < -0.3 is 19.0 Å². The Bertz CT molecular complexity index is 613. The zero-order valence-corrected chi connectivity index (χ0v) is 12.1. The number of hydrogen-bond donors (Lipinski definition) is 1. The Morgan fingerprint density at radius 1 is 1.52 bits per heavy atom. The molecule has 1 saturated carbocycles. The minimum atomic E-state index is -0.559. The molecule has 1 aliphatic rings. The third kappa shape index (κ3) is 2.58. The number of carbonyl (C=O) groups is 1. The van der Waals surface area contributed by atoms with Gasteiger partial charge in [0.05, 0.1) is 24.0 Å². The predicted octanol–water partition coefficient (Wildman–Crippen LogP) is 2.12. The number of nitrogens with zero attached hydrogens (tertiary/aromatic N) is 1. The molecule has 0 aromatic carbocycles. The summed E-state index contributed by atoms with van der Waals surface area (Å²) in [6.45, 7) is 2.40. The molecule has 2 aromatic heterocycles. The number of amides is 1. The minimum absolute atomic E-state index is 0.0219. The van der Waals surface area contributed by atoms with E-state index in [4.69, 9.17) is 13.7 Å². The molecule has 1 atom stereocenters. The molecular formula is C15H18N2O4. The molecule has 0 bridgehead atoms. The van der Waals surface area contributed by atoms with Crippen LogP contribution >= 0.6 is 0 Å². The molecule has 0 radical (unpaired) electrons. The molecule has 0 aliphatic heterocycles. The minimum Gasteiger partial charge on any atom is -0.461 e. The number of furan rings is 1. The highest BCUT2D eigenvalue weighted by molar-refractivity contribution is 5.91. The SMILES string of the molecule is COCC(C)NC(=O)C1(c2cc(-c3ccco3)on2)CC1. The van der Waals surface area contributed by atoms with E-state index in [0.717, 1.165) is 12.8 Å². The third-order valence-electron chi connectivity index (χ3n) is 3.74. The standard InChI is InChI=1S/C15H18N2O4/c1-10(9-19-2)16-14(18)15(5-6-15)13-8-12(21-17-13)11-4-3-7-20-11/h3-4,7-8,10H,5-6,9H2,1-2H3,(H,16,18). The van der Waals surface area contributed by atoms with Crippen LogP contribution in [0.4, 0.5) is 0 Å². The number of rotatable bonds is 6. The highest BCUT2D eigenvalue weighted by Gasteiger charge is 2.54. The first-order valence-electron chi connectivity index (χ1n) is 6.97. The van der Waals surface area contributed by atoms with Crippen molar-refractivity contribution in [2.24, 2.45) is 0 Å². The van der Waals surface area contributed by atoms with Gasteiger partial charge in [0.2, 0.25) is 11.7 Å². The Kier molecular flexibility index (Phi) is 3.55. The van der Waals surface area contributed by atoms with Gasteiger partial charge in [0.15, 0.2) is 5.76 Å². The van der Waals surface area contributed by atoms with E-state index in [0.29, 0.717) is 23.8 Å². The lowest BCUT2D eigenvalue weighted by Crippen LogP contribution is -2.42. The second kappa shape index (κ2) is 5.37. The van der Waals surface area contributed by atoms with Gasteiger partial charge >= 0.3 is 0 Å². The molecule has 3 rings (SSSR count). The summed E-state index contributed by atoms with van der Waals surface area (Å²) in [6, 6.07) is 5.33. The molecule has 6 heteroatoms. The summed E-state index contributed by atoms with van der Waals surface area (Å²) < 4.78 is 15.6. The van der Waals surface area contributed by atoms with E-state index in [1.165, 1.54) is 0 Å². The van der Waals surface area contributed by atoms with E-state index in [2.05, 4.69) is 10.5 Å². The molecule has 112 valence electrons. The summed E-state index contributed by atoms with van der Waals surface area (Å²) in [4.78, 5) is 12.4. The smallest absolute Gasteiger partial charge is 0.232 e. The normalized spacial score (nSPS) is 17.4. The van der Waals surface area contributed by atoms with E-state index in [1.807, 2.05) is 6.92 Å². The van der Waals surface area contributed by atoms with Gasteiger partial charge in [-0.25, -0.2) is 0 Å². The van der Waals surface area contributed by atoms with Gasteiger partial charge in [-0.05, 0) is 31.9 Å². The van der Waals surface area contributed by atoms with Gasteiger partial charge in [0, 0.05) is 19.2 Å².